The largest absolute Gasteiger partial charge is 0.341 e. The van der Waals surface area contributed by atoms with Crippen LogP contribution in [0.5, 0.6) is 0 Å². The van der Waals surface area contributed by atoms with E-state index in [1.807, 2.05) is 55.7 Å². The van der Waals surface area contributed by atoms with Crippen molar-refractivity contribution in [2.24, 2.45) is 16.3 Å². The average molecular weight is 466 g/mol. The van der Waals surface area contributed by atoms with Crippen LogP contribution >= 0.6 is 0 Å². The molecule has 2 fully saturated rings. The van der Waals surface area contributed by atoms with Gasteiger partial charge in [0.25, 0.3) is 0 Å². The SMILES string of the molecule is CN=C(/C=C1\C(C)CCCCC12CCN(C(=O)Cc1ccccc1)C2)c1cnc2ccccc2c1. The molecule has 5 rings (SSSR count). The van der Waals surface area contributed by atoms with E-state index in [1.165, 1.54) is 24.8 Å². The summed E-state index contributed by atoms with van der Waals surface area (Å²) in [4.78, 5) is 24.7. The minimum absolute atomic E-state index is 0.0441. The molecule has 1 spiro atoms. The quantitative estimate of drug-likeness (QED) is 0.428. The number of carbonyl (C=O) groups excluding carboxylic acids is 1. The molecule has 35 heavy (non-hydrogen) atoms. The molecule has 0 N–H and O–H groups in total. The number of carbonyl (C=O) groups is 1. The molecule has 180 valence electrons. The number of likely N-dealkylation sites (tertiary alicyclic amines) is 1. The third-order valence-corrected chi connectivity index (χ3v) is 8.01. The van der Waals surface area contributed by atoms with E-state index in [4.69, 9.17) is 4.99 Å². The lowest BCUT2D eigenvalue weighted by atomic mass is 9.72. The topological polar surface area (TPSA) is 45.6 Å². The van der Waals surface area contributed by atoms with Crippen LogP contribution in [-0.2, 0) is 11.2 Å². The summed E-state index contributed by atoms with van der Waals surface area (Å²) in [6, 6.07) is 20.5. The van der Waals surface area contributed by atoms with Crippen LogP contribution in [0.2, 0.25) is 0 Å². The maximum atomic E-state index is 13.2. The van der Waals surface area contributed by atoms with Crippen molar-refractivity contribution < 1.29 is 4.79 Å². The number of pyridine rings is 1. The van der Waals surface area contributed by atoms with Crippen molar-refractivity contribution in [1.82, 2.24) is 9.88 Å². The Balaban J connectivity index is 1.45. The molecular formula is C31H35N3O. The van der Waals surface area contributed by atoms with Gasteiger partial charge in [-0.2, -0.15) is 0 Å². The second kappa shape index (κ2) is 10.2. The number of aliphatic imine (C=N–C) groups is 1. The Labute approximate surface area is 208 Å². The Morgan fingerprint density at radius 3 is 2.74 bits per heavy atom. The number of amides is 1. The Morgan fingerprint density at radius 2 is 1.91 bits per heavy atom. The first-order chi connectivity index (χ1) is 17.1. The zero-order chi connectivity index (χ0) is 24.3. The fourth-order valence-corrected chi connectivity index (χ4v) is 6.07. The molecule has 2 atom stereocenters. The third kappa shape index (κ3) is 4.93. The number of hydrogen-bond acceptors (Lipinski definition) is 3. The molecule has 2 aromatic carbocycles. The summed E-state index contributed by atoms with van der Waals surface area (Å²) < 4.78 is 0. The highest BCUT2D eigenvalue weighted by Gasteiger charge is 2.44. The second-order valence-electron chi connectivity index (χ2n) is 10.3. The lowest BCUT2D eigenvalue weighted by Gasteiger charge is -2.34. The summed E-state index contributed by atoms with van der Waals surface area (Å²) in [5, 5.41) is 1.13. The predicted molar refractivity (Wildman–Crippen MR) is 144 cm³/mol. The molecule has 3 aromatic rings. The summed E-state index contributed by atoms with van der Waals surface area (Å²) in [7, 11) is 1.87. The fourth-order valence-electron chi connectivity index (χ4n) is 6.07. The van der Waals surface area contributed by atoms with E-state index in [0.717, 1.165) is 53.7 Å². The predicted octanol–water partition coefficient (Wildman–Crippen LogP) is 6.25. The van der Waals surface area contributed by atoms with Crippen LogP contribution in [0.25, 0.3) is 10.9 Å². The number of para-hydroxylation sites is 1. The van der Waals surface area contributed by atoms with E-state index in [0.29, 0.717) is 12.3 Å². The van der Waals surface area contributed by atoms with Crippen molar-refractivity contribution in [2.75, 3.05) is 20.1 Å². The standard InChI is InChI=1S/C31H35N3O/c1-23-10-8-9-15-31(16-17-34(22-31)30(35)18-24-11-4-3-5-12-24)27(23)20-29(32-2)26-19-25-13-6-7-14-28(25)33-21-26/h3-7,11-14,19-21,23H,8-10,15-18,22H2,1-2H3/b27-20+,32-29?. The number of allylic oxidation sites excluding steroid dienone is 1. The van der Waals surface area contributed by atoms with Crippen molar-refractivity contribution in [3.63, 3.8) is 0 Å². The highest BCUT2D eigenvalue weighted by molar-refractivity contribution is 6.10. The van der Waals surface area contributed by atoms with Gasteiger partial charge in [-0.15, -0.1) is 0 Å². The molecule has 1 saturated carbocycles. The van der Waals surface area contributed by atoms with Gasteiger partial charge < -0.3 is 4.90 Å². The lowest BCUT2D eigenvalue weighted by Crippen LogP contribution is -2.35. The molecule has 2 aliphatic rings. The Morgan fingerprint density at radius 1 is 1.11 bits per heavy atom. The number of hydrogen-bond donors (Lipinski definition) is 0. The van der Waals surface area contributed by atoms with Gasteiger partial charge in [-0.25, -0.2) is 0 Å². The summed E-state index contributed by atoms with van der Waals surface area (Å²) in [5.74, 6) is 0.722. The third-order valence-electron chi connectivity index (χ3n) is 8.01. The second-order valence-corrected chi connectivity index (χ2v) is 10.3. The molecule has 2 unspecified atom stereocenters. The molecule has 4 nitrogen and oxygen atoms in total. The van der Waals surface area contributed by atoms with Gasteiger partial charge in [-0.3, -0.25) is 14.8 Å². The van der Waals surface area contributed by atoms with Crippen LogP contribution in [-0.4, -0.2) is 41.6 Å². The first kappa shape index (κ1) is 23.5. The maximum absolute atomic E-state index is 13.2. The molecule has 4 heteroatoms. The molecule has 1 aromatic heterocycles. The number of aromatic nitrogens is 1. The van der Waals surface area contributed by atoms with Gasteiger partial charge in [0.1, 0.15) is 0 Å². The number of fused-ring (bicyclic) bond motifs is 1. The molecular weight excluding hydrogens is 430 g/mol. The highest BCUT2D eigenvalue weighted by Crippen LogP contribution is 2.48. The Bertz CT molecular complexity index is 1260. The highest BCUT2D eigenvalue weighted by atomic mass is 16.2. The van der Waals surface area contributed by atoms with Gasteiger partial charge in [0.15, 0.2) is 0 Å². The molecule has 1 aliphatic carbocycles. The number of nitrogens with zero attached hydrogens (tertiary/aromatic N) is 3. The smallest absolute Gasteiger partial charge is 0.227 e. The van der Waals surface area contributed by atoms with Crippen molar-refractivity contribution >= 4 is 22.5 Å². The summed E-state index contributed by atoms with van der Waals surface area (Å²) in [5.41, 5.74) is 5.65. The molecule has 2 heterocycles. The molecule has 1 aliphatic heterocycles. The monoisotopic (exact) mass is 465 g/mol. The average Bonchev–Trinajstić information content (AvgIpc) is 3.26. The fraction of sp³-hybridized carbons (Fsp3) is 0.387. The molecule has 1 amide bonds. The van der Waals surface area contributed by atoms with Gasteiger partial charge in [0.05, 0.1) is 17.6 Å². The Kier molecular flexibility index (Phi) is 6.81. The molecule has 1 saturated heterocycles. The van der Waals surface area contributed by atoms with Crippen LogP contribution in [0.15, 0.2) is 83.5 Å². The van der Waals surface area contributed by atoms with E-state index in [1.54, 1.807) is 0 Å². The Hall–Kier alpha value is -3.27. The van der Waals surface area contributed by atoms with E-state index in [2.05, 4.69) is 41.1 Å². The van der Waals surface area contributed by atoms with Crippen LogP contribution in [0.4, 0.5) is 0 Å². The number of benzene rings is 2. The summed E-state index contributed by atoms with van der Waals surface area (Å²) >= 11 is 0. The van der Waals surface area contributed by atoms with Crippen molar-refractivity contribution in [3.05, 3.63) is 89.6 Å². The minimum atomic E-state index is 0.0441. The van der Waals surface area contributed by atoms with Gasteiger partial charge in [0, 0.05) is 42.7 Å². The van der Waals surface area contributed by atoms with Gasteiger partial charge in [-0.1, -0.05) is 73.9 Å². The summed E-state index contributed by atoms with van der Waals surface area (Å²) in [6.07, 6.45) is 10.6. The molecule has 0 bridgehead atoms. The zero-order valence-electron chi connectivity index (χ0n) is 20.9. The maximum Gasteiger partial charge on any atom is 0.227 e. The van der Waals surface area contributed by atoms with E-state index < -0.39 is 0 Å². The normalized spacial score (nSPS) is 24.3. The van der Waals surface area contributed by atoms with Crippen LogP contribution in [0.1, 0.15) is 50.2 Å². The minimum Gasteiger partial charge on any atom is -0.341 e. The van der Waals surface area contributed by atoms with Crippen LogP contribution in [0.3, 0.4) is 0 Å². The van der Waals surface area contributed by atoms with E-state index in [-0.39, 0.29) is 11.3 Å². The zero-order valence-corrected chi connectivity index (χ0v) is 20.9. The van der Waals surface area contributed by atoms with Crippen molar-refractivity contribution in [1.29, 1.82) is 0 Å². The lowest BCUT2D eigenvalue weighted by molar-refractivity contribution is -0.129. The first-order valence-electron chi connectivity index (χ1n) is 12.9. The van der Waals surface area contributed by atoms with Gasteiger partial charge in [0.2, 0.25) is 5.91 Å². The van der Waals surface area contributed by atoms with Crippen LogP contribution < -0.4 is 0 Å². The van der Waals surface area contributed by atoms with E-state index in [9.17, 15) is 4.79 Å². The molecule has 0 radical (unpaired) electrons. The van der Waals surface area contributed by atoms with E-state index >= 15 is 0 Å². The number of rotatable bonds is 4. The van der Waals surface area contributed by atoms with Gasteiger partial charge >= 0.3 is 0 Å². The van der Waals surface area contributed by atoms with Gasteiger partial charge in [-0.05, 0) is 49.0 Å². The summed E-state index contributed by atoms with van der Waals surface area (Å²) in [6.45, 7) is 4.02. The van der Waals surface area contributed by atoms with Crippen molar-refractivity contribution in [2.45, 2.75) is 45.4 Å². The van der Waals surface area contributed by atoms with Crippen LogP contribution in [0, 0.1) is 11.3 Å². The van der Waals surface area contributed by atoms with Crippen molar-refractivity contribution in [3.8, 4) is 0 Å². The first-order valence-corrected chi connectivity index (χ1v) is 12.9.